The van der Waals surface area contributed by atoms with E-state index in [0.29, 0.717) is 24.4 Å². The van der Waals surface area contributed by atoms with Crippen molar-refractivity contribution in [2.45, 2.75) is 33.3 Å². The summed E-state index contributed by atoms with van der Waals surface area (Å²) in [6.07, 6.45) is 0.434. The van der Waals surface area contributed by atoms with Crippen molar-refractivity contribution in [3.05, 3.63) is 23.2 Å². The highest BCUT2D eigenvalue weighted by atomic mass is 16.3. The Morgan fingerprint density at radius 2 is 2.24 bits per heavy atom. The second kappa shape index (κ2) is 4.53. The lowest BCUT2D eigenvalue weighted by Gasteiger charge is -2.34. The molecule has 17 heavy (non-hydrogen) atoms. The van der Waals surface area contributed by atoms with Crippen molar-refractivity contribution in [2.24, 2.45) is 5.92 Å². The van der Waals surface area contributed by atoms with Crippen LogP contribution in [0.2, 0.25) is 0 Å². The SMILES string of the molecule is Cc1cc(C(=O)N2CCC(C)C(O)C2)c(C)o1. The maximum Gasteiger partial charge on any atom is 0.257 e. The van der Waals surface area contributed by atoms with Gasteiger partial charge >= 0.3 is 0 Å². The van der Waals surface area contributed by atoms with Crippen LogP contribution in [0.25, 0.3) is 0 Å². The molecule has 2 unspecified atom stereocenters. The van der Waals surface area contributed by atoms with Gasteiger partial charge in [-0.2, -0.15) is 0 Å². The molecule has 1 fully saturated rings. The van der Waals surface area contributed by atoms with Crippen molar-refractivity contribution < 1.29 is 14.3 Å². The van der Waals surface area contributed by atoms with E-state index in [-0.39, 0.29) is 11.8 Å². The van der Waals surface area contributed by atoms with Gasteiger partial charge in [0.1, 0.15) is 11.5 Å². The molecule has 94 valence electrons. The average molecular weight is 237 g/mol. The number of aliphatic hydroxyl groups is 1. The van der Waals surface area contributed by atoms with Gasteiger partial charge < -0.3 is 14.4 Å². The minimum absolute atomic E-state index is 0.0368. The van der Waals surface area contributed by atoms with E-state index in [1.54, 1.807) is 17.9 Å². The summed E-state index contributed by atoms with van der Waals surface area (Å²) in [5.74, 6) is 1.63. The van der Waals surface area contributed by atoms with Gasteiger partial charge in [-0.05, 0) is 32.3 Å². The molecule has 2 heterocycles. The van der Waals surface area contributed by atoms with Crippen LogP contribution in [-0.2, 0) is 0 Å². The first-order chi connectivity index (χ1) is 7.99. The number of nitrogens with zero attached hydrogens (tertiary/aromatic N) is 1. The molecule has 0 spiro atoms. The number of rotatable bonds is 1. The Labute approximate surface area is 101 Å². The molecule has 0 aliphatic carbocycles. The monoisotopic (exact) mass is 237 g/mol. The van der Waals surface area contributed by atoms with Crippen LogP contribution in [0.1, 0.15) is 35.2 Å². The summed E-state index contributed by atoms with van der Waals surface area (Å²) >= 11 is 0. The molecule has 0 radical (unpaired) electrons. The lowest BCUT2D eigenvalue weighted by atomic mass is 9.95. The Kier molecular flexibility index (Phi) is 3.24. The number of β-amino-alcohol motifs (C(OH)–C–C–N with tert-alkyl or cyclic N) is 1. The van der Waals surface area contributed by atoms with Gasteiger partial charge in [0.15, 0.2) is 0 Å². The smallest absolute Gasteiger partial charge is 0.257 e. The Hall–Kier alpha value is -1.29. The Morgan fingerprint density at radius 3 is 2.76 bits per heavy atom. The van der Waals surface area contributed by atoms with Crippen LogP contribution in [0.15, 0.2) is 10.5 Å². The van der Waals surface area contributed by atoms with Crippen LogP contribution < -0.4 is 0 Å². The second-order valence-corrected chi connectivity index (χ2v) is 4.91. The molecule has 1 aliphatic rings. The number of hydrogen-bond acceptors (Lipinski definition) is 3. The van der Waals surface area contributed by atoms with Crippen LogP contribution in [0.4, 0.5) is 0 Å². The van der Waals surface area contributed by atoms with E-state index >= 15 is 0 Å². The number of piperidine rings is 1. The summed E-state index contributed by atoms with van der Waals surface area (Å²) in [6, 6.07) is 1.77. The van der Waals surface area contributed by atoms with E-state index in [9.17, 15) is 9.90 Å². The molecular weight excluding hydrogens is 218 g/mol. The van der Waals surface area contributed by atoms with Crippen molar-refractivity contribution in [3.63, 3.8) is 0 Å². The molecule has 1 aromatic heterocycles. The topological polar surface area (TPSA) is 53.7 Å². The molecule has 2 atom stereocenters. The molecule has 4 heteroatoms. The van der Waals surface area contributed by atoms with Crippen molar-refractivity contribution in [1.82, 2.24) is 4.90 Å². The number of carbonyl (C=O) groups excluding carboxylic acids is 1. The molecule has 1 saturated heterocycles. The molecule has 1 amide bonds. The lowest BCUT2D eigenvalue weighted by molar-refractivity contribution is 0.0247. The highest BCUT2D eigenvalue weighted by Gasteiger charge is 2.29. The fourth-order valence-corrected chi connectivity index (χ4v) is 2.25. The second-order valence-electron chi connectivity index (χ2n) is 4.91. The summed E-state index contributed by atoms with van der Waals surface area (Å²) in [4.78, 5) is 14.0. The fourth-order valence-electron chi connectivity index (χ4n) is 2.25. The van der Waals surface area contributed by atoms with E-state index in [1.165, 1.54) is 0 Å². The summed E-state index contributed by atoms with van der Waals surface area (Å²) in [7, 11) is 0. The Balaban J connectivity index is 2.13. The Bertz CT molecular complexity index is 424. The van der Waals surface area contributed by atoms with Gasteiger partial charge in [-0.25, -0.2) is 0 Å². The van der Waals surface area contributed by atoms with Gasteiger partial charge in [-0.3, -0.25) is 4.79 Å². The third kappa shape index (κ3) is 2.36. The van der Waals surface area contributed by atoms with Gasteiger partial charge in [0, 0.05) is 13.1 Å². The van der Waals surface area contributed by atoms with E-state index in [0.717, 1.165) is 12.2 Å². The molecule has 1 aromatic rings. The van der Waals surface area contributed by atoms with Gasteiger partial charge in [-0.15, -0.1) is 0 Å². The number of furan rings is 1. The van der Waals surface area contributed by atoms with Crippen molar-refractivity contribution in [2.75, 3.05) is 13.1 Å². The van der Waals surface area contributed by atoms with Crippen molar-refractivity contribution in [1.29, 1.82) is 0 Å². The zero-order chi connectivity index (χ0) is 12.6. The normalized spacial score (nSPS) is 25.1. The summed E-state index contributed by atoms with van der Waals surface area (Å²) in [5, 5.41) is 9.80. The molecular formula is C13H19NO3. The van der Waals surface area contributed by atoms with Crippen molar-refractivity contribution in [3.8, 4) is 0 Å². The van der Waals surface area contributed by atoms with E-state index in [4.69, 9.17) is 4.42 Å². The molecule has 1 aliphatic heterocycles. The standard InChI is InChI=1S/C13H19NO3/c1-8-4-5-14(7-12(8)15)13(16)11-6-9(2)17-10(11)3/h6,8,12,15H,4-5,7H2,1-3H3. The van der Waals surface area contributed by atoms with Gasteiger partial charge in [0.05, 0.1) is 11.7 Å². The third-order valence-electron chi connectivity index (χ3n) is 3.48. The highest BCUT2D eigenvalue weighted by Crippen LogP contribution is 2.21. The first-order valence-electron chi connectivity index (χ1n) is 6.03. The number of amides is 1. The molecule has 0 bridgehead atoms. The minimum Gasteiger partial charge on any atom is -0.466 e. The van der Waals surface area contributed by atoms with Crippen LogP contribution in [-0.4, -0.2) is 35.1 Å². The highest BCUT2D eigenvalue weighted by molar-refractivity contribution is 5.95. The summed E-state index contributed by atoms with van der Waals surface area (Å²) in [6.45, 7) is 6.77. The molecule has 0 saturated carbocycles. The molecule has 0 aromatic carbocycles. The lowest BCUT2D eigenvalue weighted by Crippen LogP contribution is -2.45. The van der Waals surface area contributed by atoms with Crippen molar-refractivity contribution >= 4 is 5.91 Å². The average Bonchev–Trinajstić information content (AvgIpc) is 2.61. The zero-order valence-corrected chi connectivity index (χ0v) is 10.6. The van der Waals surface area contributed by atoms with Gasteiger partial charge in [0.25, 0.3) is 5.91 Å². The predicted molar refractivity (Wildman–Crippen MR) is 63.9 cm³/mol. The van der Waals surface area contributed by atoms with Gasteiger partial charge in [0.2, 0.25) is 0 Å². The van der Waals surface area contributed by atoms with Gasteiger partial charge in [-0.1, -0.05) is 6.92 Å². The predicted octanol–water partition coefficient (Wildman–Crippen LogP) is 1.74. The van der Waals surface area contributed by atoms with Crippen LogP contribution in [0.5, 0.6) is 0 Å². The van der Waals surface area contributed by atoms with Crippen LogP contribution >= 0.6 is 0 Å². The molecule has 1 N–H and O–H groups in total. The number of aryl methyl sites for hydroxylation is 2. The number of likely N-dealkylation sites (tertiary alicyclic amines) is 1. The first kappa shape index (κ1) is 12.2. The molecule has 4 nitrogen and oxygen atoms in total. The summed E-state index contributed by atoms with van der Waals surface area (Å²) < 4.78 is 5.36. The maximum atomic E-state index is 12.2. The molecule has 2 rings (SSSR count). The summed E-state index contributed by atoms with van der Waals surface area (Å²) in [5.41, 5.74) is 0.615. The van der Waals surface area contributed by atoms with E-state index < -0.39 is 6.10 Å². The van der Waals surface area contributed by atoms with Crippen LogP contribution in [0, 0.1) is 19.8 Å². The maximum absolute atomic E-state index is 12.2. The largest absolute Gasteiger partial charge is 0.466 e. The van der Waals surface area contributed by atoms with E-state index in [1.807, 2.05) is 13.8 Å². The minimum atomic E-state index is -0.416. The zero-order valence-electron chi connectivity index (χ0n) is 10.6. The quantitative estimate of drug-likeness (QED) is 0.809. The number of aliphatic hydroxyl groups excluding tert-OH is 1. The first-order valence-corrected chi connectivity index (χ1v) is 6.03. The van der Waals surface area contributed by atoms with E-state index in [2.05, 4.69) is 0 Å². The Morgan fingerprint density at radius 1 is 1.53 bits per heavy atom. The number of carbonyl (C=O) groups is 1. The fraction of sp³-hybridized carbons (Fsp3) is 0.615. The number of hydrogen-bond donors (Lipinski definition) is 1. The third-order valence-corrected chi connectivity index (χ3v) is 3.48. The van der Waals surface area contributed by atoms with Crippen LogP contribution in [0.3, 0.4) is 0 Å².